The van der Waals surface area contributed by atoms with E-state index >= 15 is 0 Å². The zero-order chi connectivity index (χ0) is 17.8. The Labute approximate surface area is 154 Å². The van der Waals surface area contributed by atoms with E-state index in [-0.39, 0.29) is 5.91 Å². The molecule has 1 fully saturated rings. The number of nitrogens with zero attached hydrogens (tertiary/aromatic N) is 4. The van der Waals surface area contributed by atoms with E-state index in [9.17, 15) is 4.79 Å². The van der Waals surface area contributed by atoms with Crippen LogP contribution in [0.5, 0.6) is 0 Å². The maximum atomic E-state index is 12.7. The molecule has 3 heterocycles. The summed E-state index contributed by atoms with van der Waals surface area (Å²) in [4.78, 5) is 14.7. The number of amides is 1. The molecule has 1 aromatic heterocycles. The van der Waals surface area contributed by atoms with Crippen molar-refractivity contribution in [2.24, 2.45) is 0 Å². The summed E-state index contributed by atoms with van der Waals surface area (Å²) >= 11 is 0. The second kappa shape index (κ2) is 7.99. The molecule has 26 heavy (non-hydrogen) atoms. The van der Waals surface area contributed by atoms with Crippen LogP contribution in [0.25, 0.3) is 0 Å². The number of aromatic nitrogens is 3. The summed E-state index contributed by atoms with van der Waals surface area (Å²) in [5, 5.41) is 12.3. The van der Waals surface area contributed by atoms with Crippen molar-refractivity contribution in [3.8, 4) is 0 Å². The molecule has 4 rings (SSSR count). The fourth-order valence-corrected chi connectivity index (χ4v) is 4.06. The number of carbonyl (C=O) groups is 1. The van der Waals surface area contributed by atoms with E-state index in [4.69, 9.17) is 0 Å². The number of aryl methyl sites for hydroxylation is 1. The molecule has 1 N–H and O–H groups in total. The average molecular weight is 353 g/mol. The molecule has 0 saturated carbocycles. The number of benzene rings is 1. The lowest BCUT2D eigenvalue weighted by Crippen LogP contribution is -2.40. The van der Waals surface area contributed by atoms with Crippen molar-refractivity contribution in [3.63, 3.8) is 0 Å². The third kappa shape index (κ3) is 3.80. The summed E-state index contributed by atoms with van der Waals surface area (Å²) in [6.07, 6.45) is 4.46. The normalized spacial score (nSPS) is 20.5. The van der Waals surface area contributed by atoms with Gasteiger partial charge in [0.1, 0.15) is 11.6 Å². The van der Waals surface area contributed by atoms with Crippen LogP contribution in [0.3, 0.4) is 0 Å². The van der Waals surface area contributed by atoms with Gasteiger partial charge in [-0.25, -0.2) is 0 Å². The molecule has 2 aliphatic heterocycles. The predicted molar refractivity (Wildman–Crippen MR) is 99.9 cm³/mol. The van der Waals surface area contributed by atoms with Gasteiger partial charge in [0.2, 0.25) is 5.91 Å². The number of nitrogens with one attached hydrogen (secondary N) is 1. The maximum absolute atomic E-state index is 12.7. The van der Waals surface area contributed by atoms with E-state index in [1.54, 1.807) is 0 Å². The van der Waals surface area contributed by atoms with E-state index in [1.807, 2.05) is 23.1 Å². The van der Waals surface area contributed by atoms with Gasteiger partial charge in [0, 0.05) is 51.5 Å². The molecule has 0 radical (unpaired) electrons. The Morgan fingerprint density at radius 2 is 2.04 bits per heavy atom. The number of piperidine rings is 1. The smallest absolute Gasteiger partial charge is 0.222 e. The molecular weight excluding hydrogens is 326 g/mol. The maximum Gasteiger partial charge on any atom is 0.222 e. The second-order valence-corrected chi connectivity index (χ2v) is 7.29. The standard InChI is InChI=1S/C20H27N5O/c26-19(9-8-16-5-2-1-3-6-16)24-13-4-7-17(15-24)20-23-22-18-10-11-21-12-14-25(18)20/h1-3,5-6,17,21H,4,7-15H2/t17-/m1/s1. The highest BCUT2D eigenvalue weighted by Crippen LogP contribution is 2.27. The van der Waals surface area contributed by atoms with Crippen LogP contribution in [-0.4, -0.2) is 51.8 Å². The van der Waals surface area contributed by atoms with Gasteiger partial charge in [-0.1, -0.05) is 30.3 Å². The van der Waals surface area contributed by atoms with Crippen molar-refractivity contribution >= 4 is 5.91 Å². The summed E-state index contributed by atoms with van der Waals surface area (Å²) in [6.45, 7) is 4.50. The lowest BCUT2D eigenvalue weighted by molar-refractivity contribution is -0.132. The monoisotopic (exact) mass is 353 g/mol. The lowest BCUT2D eigenvalue weighted by Gasteiger charge is -2.32. The Bertz CT molecular complexity index is 742. The van der Waals surface area contributed by atoms with Gasteiger partial charge in [-0.15, -0.1) is 10.2 Å². The lowest BCUT2D eigenvalue weighted by atomic mass is 9.96. The van der Waals surface area contributed by atoms with Gasteiger partial charge in [-0.3, -0.25) is 4.79 Å². The van der Waals surface area contributed by atoms with Crippen LogP contribution in [0.15, 0.2) is 30.3 Å². The number of hydrogen-bond acceptors (Lipinski definition) is 4. The second-order valence-electron chi connectivity index (χ2n) is 7.29. The molecule has 0 aliphatic carbocycles. The Balaban J connectivity index is 1.40. The molecule has 2 aromatic rings. The van der Waals surface area contributed by atoms with Gasteiger partial charge in [0.25, 0.3) is 0 Å². The molecule has 1 amide bonds. The molecule has 0 unspecified atom stereocenters. The van der Waals surface area contributed by atoms with Gasteiger partial charge in [-0.2, -0.15) is 0 Å². The molecule has 6 heteroatoms. The summed E-state index contributed by atoms with van der Waals surface area (Å²) in [5.74, 6) is 2.72. The van der Waals surface area contributed by atoms with Crippen molar-refractivity contribution < 1.29 is 4.79 Å². The predicted octanol–water partition coefficient (Wildman–Crippen LogP) is 1.76. The molecular formula is C20H27N5O. The van der Waals surface area contributed by atoms with Crippen molar-refractivity contribution in [2.45, 2.75) is 44.6 Å². The third-order valence-corrected chi connectivity index (χ3v) is 5.50. The zero-order valence-corrected chi connectivity index (χ0v) is 15.2. The van der Waals surface area contributed by atoms with E-state index in [0.29, 0.717) is 12.3 Å². The average Bonchev–Trinajstić information content (AvgIpc) is 2.95. The Morgan fingerprint density at radius 3 is 2.92 bits per heavy atom. The first-order chi connectivity index (χ1) is 12.8. The van der Waals surface area contributed by atoms with Crippen LogP contribution in [0.1, 0.15) is 42.4 Å². The van der Waals surface area contributed by atoms with Crippen LogP contribution >= 0.6 is 0 Å². The number of carbonyl (C=O) groups excluding carboxylic acids is 1. The van der Waals surface area contributed by atoms with Crippen LogP contribution in [-0.2, 0) is 24.2 Å². The molecule has 138 valence electrons. The first-order valence-electron chi connectivity index (χ1n) is 9.75. The molecule has 6 nitrogen and oxygen atoms in total. The topological polar surface area (TPSA) is 63.1 Å². The van der Waals surface area contributed by atoms with E-state index in [2.05, 4.69) is 32.2 Å². The van der Waals surface area contributed by atoms with Gasteiger partial charge in [-0.05, 0) is 24.8 Å². The fourth-order valence-electron chi connectivity index (χ4n) is 4.06. The first-order valence-corrected chi connectivity index (χ1v) is 9.75. The van der Waals surface area contributed by atoms with Crippen molar-refractivity contribution in [1.29, 1.82) is 0 Å². The number of hydrogen-bond donors (Lipinski definition) is 1. The van der Waals surface area contributed by atoms with Gasteiger partial charge in [0.15, 0.2) is 0 Å². The van der Waals surface area contributed by atoms with Crippen molar-refractivity contribution in [2.75, 3.05) is 26.2 Å². The van der Waals surface area contributed by atoms with Crippen molar-refractivity contribution in [1.82, 2.24) is 25.0 Å². The van der Waals surface area contributed by atoms with Gasteiger partial charge in [0.05, 0.1) is 0 Å². The molecule has 1 atom stereocenters. The zero-order valence-electron chi connectivity index (χ0n) is 15.2. The minimum absolute atomic E-state index is 0.260. The summed E-state index contributed by atoms with van der Waals surface area (Å²) in [6, 6.07) is 10.3. The van der Waals surface area contributed by atoms with Crippen LogP contribution in [0.4, 0.5) is 0 Å². The highest BCUT2D eigenvalue weighted by atomic mass is 16.2. The fraction of sp³-hybridized carbons (Fsp3) is 0.550. The van der Waals surface area contributed by atoms with Crippen LogP contribution in [0.2, 0.25) is 0 Å². The SMILES string of the molecule is O=C(CCc1ccccc1)N1CCC[C@@H](c2nnc3n2CCNCC3)C1. The minimum Gasteiger partial charge on any atom is -0.342 e. The number of fused-ring (bicyclic) bond motifs is 1. The number of rotatable bonds is 4. The van der Waals surface area contributed by atoms with E-state index < -0.39 is 0 Å². The highest BCUT2D eigenvalue weighted by Gasteiger charge is 2.29. The van der Waals surface area contributed by atoms with Crippen molar-refractivity contribution in [3.05, 3.63) is 47.5 Å². The quantitative estimate of drug-likeness (QED) is 0.910. The summed E-state index contributed by atoms with van der Waals surface area (Å²) in [5.41, 5.74) is 1.23. The largest absolute Gasteiger partial charge is 0.342 e. The Morgan fingerprint density at radius 1 is 1.15 bits per heavy atom. The van der Waals surface area contributed by atoms with E-state index in [1.165, 1.54) is 5.56 Å². The highest BCUT2D eigenvalue weighted by molar-refractivity contribution is 5.76. The molecule has 0 spiro atoms. The molecule has 2 aliphatic rings. The third-order valence-electron chi connectivity index (χ3n) is 5.50. The first kappa shape index (κ1) is 17.2. The molecule has 1 aromatic carbocycles. The van der Waals surface area contributed by atoms with Gasteiger partial charge >= 0.3 is 0 Å². The minimum atomic E-state index is 0.260. The summed E-state index contributed by atoms with van der Waals surface area (Å²) < 4.78 is 2.28. The van der Waals surface area contributed by atoms with Crippen LogP contribution in [0, 0.1) is 0 Å². The molecule has 1 saturated heterocycles. The van der Waals surface area contributed by atoms with Crippen LogP contribution < -0.4 is 5.32 Å². The Hall–Kier alpha value is -2.21. The van der Waals surface area contributed by atoms with E-state index in [0.717, 1.165) is 70.1 Å². The number of likely N-dealkylation sites (tertiary alicyclic amines) is 1. The Kier molecular flexibility index (Phi) is 5.29. The summed E-state index contributed by atoms with van der Waals surface area (Å²) in [7, 11) is 0. The van der Waals surface area contributed by atoms with Gasteiger partial charge < -0.3 is 14.8 Å². The molecule has 0 bridgehead atoms.